The number of aryl methyl sites for hydroxylation is 2. The van der Waals surface area contributed by atoms with E-state index >= 15 is 0 Å². The van der Waals surface area contributed by atoms with E-state index in [9.17, 15) is 9.59 Å². The van der Waals surface area contributed by atoms with Gasteiger partial charge in [-0.1, -0.05) is 19.1 Å². The van der Waals surface area contributed by atoms with Gasteiger partial charge in [0.1, 0.15) is 0 Å². The van der Waals surface area contributed by atoms with E-state index in [4.69, 9.17) is 0 Å². The average molecular weight is 204 g/mol. The SMILES string of the molecule is CCCC(=O)C(=O)c1ccc(C)c(C)c1. The van der Waals surface area contributed by atoms with Crippen LogP contribution in [-0.4, -0.2) is 11.6 Å². The summed E-state index contributed by atoms with van der Waals surface area (Å²) in [7, 11) is 0. The number of ketones is 2. The minimum Gasteiger partial charge on any atom is -0.290 e. The summed E-state index contributed by atoms with van der Waals surface area (Å²) in [4.78, 5) is 23.0. The molecule has 0 saturated heterocycles. The summed E-state index contributed by atoms with van der Waals surface area (Å²) in [6, 6.07) is 5.38. The Hall–Kier alpha value is -1.44. The molecule has 0 saturated carbocycles. The molecule has 80 valence electrons. The van der Waals surface area contributed by atoms with Crippen LogP contribution in [-0.2, 0) is 4.79 Å². The van der Waals surface area contributed by atoms with Crippen molar-refractivity contribution in [1.29, 1.82) is 0 Å². The third-order valence-corrected chi connectivity index (χ3v) is 2.50. The first-order chi connectivity index (χ1) is 7.06. The third kappa shape index (κ3) is 2.75. The van der Waals surface area contributed by atoms with Crippen LogP contribution in [0.15, 0.2) is 18.2 Å². The van der Waals surface area contributed by atoms with E-state index in [1.165, 1.54) is 0 Å². The number of rotatable bonds is 4. The van der Waals surface area contributed by atoms with Crippen LogP contribution in [0.2, 0.25) is 0 Å². The predicted molar refractivity (Wildman–Crippen MR) is 60.2 cm³/mol. The standard InChI is InChI=1S/C13H16O2/c1-4-5-12(14)13(15)11-7-6-9(2)10(3)8-11/h6-8H,4-5H2,1-3H3. The predicted octanol–water partition coefficient (Wildman–Crippen LogP) is 2.86. The van der Waals surface area contributed by atoms with Crippen LogP contribution in [0.25, 0.3) is 0 Å². The van der Waals surface area contributed by atoms with Gasteiger partial charge in [0.05, 0.1) is 0 Å². The molecular formula is C13H16O2. The highest BCUT2D eigenvalue weighted by molar-refractivity contribution is 6.43. The minimum absolute atomic E-state index is 0.291. The van der Waals surface area contributed by atoms with E-state index in [0.29, 0.717) is 12.0 Å². The largest absolute Gasteiger partial charge is 0.290 e. The van der Waals surface area contributed by atoms with Crippen LogP contribution in [0.3, 0.4) is 0 Å². The van der Waals surface area contributed by atoms with Crippen LogP contribution in [0.4, 0.5) is 0 Å². The molecule has 0 fully saturated rings. The molecule has 0 radical (unpaired) electrons. The molecule has 0 aliphatic rings. The van der Waals surface area contributed by atoms with E-state index in [1.807, 2.05) is 26.8 Å². The lowest BCUT2D eigenvalue weighted by atomic mass is 10.00. The van der Waals surface area contributed by atoms with Crippen molar-refractivity contribution in [3.8, 4) is 0 Å². The van der Waals surface area contributed by atoms with Gasteiger partial charge >= 0.3 is 0 Å². The molecule has 0 aliphatic carbocycles. The number of carbonyl (C=O) groups is 2. The zero-order chi connectivity index (χ0) is 11.4. The molecule has 1 rings (SSSR count). The lowest BCUT2D eigenvalue weighted by Gasteiger charge is -2.03. The van der Waals surface area contributed by atoms with Crippen molar-refractivity contribution < 1.29 is 9.59 Å². The molecule has 0 bridgehead atoms. The van der Waals surface area contributed by atoms with Gasteiger partial charge in [0, 0.05) is 12.0 Å². The van der Waals surface area contributed by atoms with Crippen LogP contribution in [0.1, 0.15) is 41.3 Å². The Bertz CT molecular complexity index is 392. The maximum Gasteiger partial charge on any atom is 0.228 e. The summed E-state index contributed by atoms with van der Waals surface area (Å²) < 4.78 is 0. The Morgan fingerprint density at radius 1 is 1.13 bits per heavy atom. The van der Waals surface area contributed by atoms with Crippen LogP contribution < -0.4 is 0 Å². The Kier molecular flexibility index (Phi) is 3.78. The summed E-state index contributed by atoms with van der Waals surface area (Å²) in [5.41, 5.74) is 2.69. The van der Waals surface area contributed by atoms with Crippen molar-refractivity contribution in [1.82, 2.24) is 0 Å². The topological polar surface area (TPSA) is 34.1 Å². The molecule has 0 N–H and O–H groups in total. The summed E-state index contributed by atoms with van der Waals surface area (Å²) >= 11 is 0. The summed E-state index contributed by atoms with van der Waals surface area (Å²) in [6.45, 7) is 5.82. The van der Waals surface area contributed by atoms with Crippen molar-refractivity contribution >= 4 is 11.6 Å². The molecule has 0 aliphatic heterocycles. The van der Waals surface area contributed by atoms with E-state index in [0.717, 1.165) is 17.5 Å². The molecule has 2 nitrogen and oxygen atoms in total. The number of benzene rings is 1. The summed E-state index contributed by atoms with van der Waals surface area (Å²) in [5, 5.41) is 0. The third-order valence-electron chi connectivity index (χ3n) is 2.50. The molecule has 1 aromatic carbocycles. The summed E-state index contributed by atoms with van der Waals surface area (Å²) in [5.74, 6) is -0.652. The molecule has 0 atom stereocenters. The van der Waals surface area contributed by atoms with Gasteiger partial charge in [-0.2, -0.15) is 0 Å². The van der Waals surface area contributed by atoms with Gasteiger partial charge in [0.25, 0.3) is 0 Å². The lowest BCUT2D eigenvalue weighted by Crippen LogP contribution is -2.13. The summed E-state index contributed by atoms with van der Waals surface area (Å²) in [6.07, 6.45) is 1.06. The Labute approximate surface area is 90.3 Å². The quantitative estimate of drug-likeness (QED) is 0.558. The second kappa shape index (κ2) is 4.87. The molecule has 1 aromatic rings. The van der Waals surface area contributed by atoms with Crippen molar-refractivity contribution in [3.05, 3.63) is 34.9 Å². The first-order valence-electron chi connectivity index (χ1n) is 5.21. The zero-order valence-corrected chi connectivity index (χ0v) is 9.46. The first-order valence-corrected chi connectivity index (χ1v) is 5.21. The number of hydrogen-bond donors (Lipinski definition) is 0. The number of hydrogen-bond acceptors (Lipinski definition) is 2. The monoisotopic (exact) mass is 204 g/mol. The highest BCUT2D eigenvalue weighted by Gasteiger charge is 2.15. The van der Waals surface area contributed by atoms with E-state index in [2.05, 4.69) is 0 Å². The first kappa shape index (κ1) is 11.6. The Balaban J connectivity index is 2.92. The smallest absolute Gasteiger partial charge is 0.228 e. The van der Waals surface area contributed by atoms with Gasteiger partial charge < -0.3 is 0 Å². The van der Waals surface area contributed by atoms with Crippen LogP contribution in [0, 0.1) is 13.8 Å². The molecule has 2 heteroatoms. The average Bonchev–Trinajstić information content (AvgIpc) is 2.21. The van der Waals surface area contributed by atoms with Crippen molar-refractivity contribution in [3.63, 3.8) is 0 Å². The van der Waals surface area contributed by atoms with Crippen LogP contribution >= 0.6 is 0 Å². The molecule has 0 amide bonds. The molecule has 0 unspecified atom stereocenters. The highest BCUT2D eigenvalue weighted by atomic mass is 16.2. The second-order valence-electron chi connectivity index (χ2n) is 3.80. The van der Waals surface area contributed by atoms with Gasteiger partial charge in [-0.05, 0) is 37.5 Å². The van der Waals surface area contributed by atoms with Crippen LogP contribution in [0.5, 0.6) is 0 Å². The maximum absolute atomic E-state index is 11.6. The van der Waals surface area contributed by atoms with Gasteiger partial charge in [-0.3, -0.25) is 9.59 Å². The van der Waals surface area contributed by atoms with Crippen molar-refractivity contribution in [2.75, 3.05) is 0 Å². The fraction of sp³-hybridized carbons (Fsp3) is 0.385. The van der Waals surface area contributed by atoms with E-state index < -0.39 is 0 Å². The lowest BCUT2D eigenvalue weighted by molar-refractivity contribution is -0.115. The molecule has 0 spiro atoms. The second-order valence-corrected chi connectivity index (χ2v) is 3.80. The molecule has 0 heterocycles. The normalized spacial score (nSPS) is 10.1. The Morgan fingerprint density at radius 2 is 1.80 bits per heavy atom. The number of carbonyl (C=O) groups excluding carboxylic acids is 2. The van der Waals surface area contributed by atoms with Crippen molar-refractivity contribution in [2.45, 2.75) is 33.6 Å². The van der Waals surface area contributed by atoms with Crippen molar-refractivity contribution in [2.24, 2.45) is 0 Å². The highest BCUT2D eigenvalue weighted by Crippen LogP contribution is 2.11. The fourth-order valence-electron chi connectivity index (χ4n) is 1.38. The fourth-order valence-corrected chi connectivity index (χ4v) is 1.38. The van der Waals surface area contributed by atoms with E-state index in [1.54, 1.807) is 12.1 Å². The Morgan fingerprint density at radius 3 is 2.33 bits per heavy atom. The molecular weight excluding hydrogens is 188 g/mol. The molecule has 15 heavy (non-hydrogen) atoms. The zero-order valence-electron chi connectivity index (χ0n) is 9.46. The molecule has 0 aromatic heterocycles. The minimum atomic E-state index is -0.361. The van der Waals surface area contributed by atoms with Gasteiger partial charge in [0.15, 0.2) is 0 Å². The van der Waals surface area contributed by atoms with Gasteiger partial charge in [-0.25, -0.2) is 0 Å². The number of Topliss-reactive ketones (excluding diaryl/α,β-unsaturated/α-hetero) is 2. The van der Waals surface area contributed by atoms with Gasteiger partial charge in [0.2, 0.25) is 11.6 Å². The van der Waals surface area contributed by atoms with Gasteiger partial charge in [-0.15, -0.1) is 0 Å². The maximum atomic E-state index is 11.6. The van der Waals surface area contributed by atoms with E-state index in [-0.39, 0.29) is 11.6 Å².